The Morgan fingerprint density at radius 3 is 2.61 bits per heavy atom. The Morgan fingerprint density at radius 1 is 1.28 bits per heavy atom. The van der Waals surface area contributed by atoms with Gasteiger partial charge in [0.25, 0.3) is 0 Å². The largest absolute Gasteiger partial charge is 0.319 e. The molecule has 1 N–H and O–H groups in total. The van der Waals surface area contributed by atoms with Crippen LogP contribution in [0.3, 0.4) is 0 Å². The number of hydrogen-bond acceptors (Lipinski definition) is 1. The van der Waals surface area contributed by atoms with Gasteiger partial charge < -0.3 is 5.32 Å². The molecule has 0 radical (unpaired) electrons. The van der Waals surface area contributed by atoms with E-state index in [-0.39, 0.29) is 5.82 Å². The van der Waals surface area contributed by atoms with Gasteiger partial charge in [0.15, 0.2) is 0 Å². The van der Waals surface area contributed by atoms with Crippen LogP contribution in [0.15, 0.2) is 24.3 Å². The summed E-state index contributed by atoms with van der Waals surface area (Å²) in [5, 5.41) is 3.23. The first-order valence-electron chi connectivity index (χ1n) is 7.05. The van der Waals surface area contributed by atoms with E-state index in [2.05, 4.69) is 19.2 Å². The van der Waals surface area contributed by atoms with Gasteiger partial charge in [-0.2, -0.15) is 0 Å². The van der Waals surface area contributed by atoms with Crippen molar-refractivity contribution in [2.24, 2.45) is 11.8 Å². The van der Waals surface area contributed by atoms with E-state index in [4.69, 9.17) is 0 Å². The number of rotatable bonds is 8. The van der Waals surface area contributed by atoms with E-state index in [9.17, 15) is 4.39 Å². The number of halogens is 1. The minimum atomic E-state index is -0.0678. The zero-order chi connectivity index (χ0) is 13.4. The molecule has 0 amide bonds. The maximum absolute atomic E-state index is 13.7. The van der Waals surface area contributed by atoms with Gasteiger partial charge in [-0.1, -0.05) is 44.9 Å². The van der Waals surface area contributed by atoms with Crippen LogP contribution in [0.4, 0.5) is 4.39 Å². The summed E-state index contributed by atoms with van der Waals surface area (Å²) in [5.74, 6) is 1.18. The highest BCUT2D eigenvalue weighted by Crippen LogP contribution is 2.21. The minimum Gasteiger partial charge on any atom is -0.319 e. The van der Waals surface area contributed by atoms with E-state index < -0.39 is 0 Å². The van der Waals surface area contributed by atoms with Gasteiger partial charge in [-0.15, -0.1) is 0 Å². The normalized spacial score (nSPS) is 14.4. The van der Waals surface area contributed by atoms with Crippen LogP contribution in [0.1, 0.15) is 38.7 Å². The standard InChI is InChI=1S/C16H26FN/c1-4-7-13(2)10-14(12-18-3)11-15-8-5-6-9-16(15)17/h5-6,8-9,13-14,18H,4,7,10-12H2,1-3H3. The summed E-state index contributed by atoms with van der Waals surface area (Å²) >= 11 is 0. The molecule has 1 aromatic rings. The van der Waals surface area contributed by atoms with Crippen LogP contribution in [0.2, 0.25) is 0 Å². The van der Waals surface area contributed by atoms with Crippen molar-refractivity contribution in [1.82, 2.24) is 5.32 Å². The fourth-order valence-corrected chi connectivity index (χ4v) is 2.68. The van der Waals surface area contributed by atoms with Gasteiger partial charge in [0.05, 0.1) is 0 Å². The van der Waals surface area contributed by atoms with Crippen molar-refractivity contribution in [3.05, 3.63) is 35.6 Å². The molecule has 0 aliphatic rings. The van der Waals surface area contributed by atoms with Gasteiger partial charge in [-0.05, 0) is 49.9 Å². The van der Waals surface area contributed by atoms with E-state index in [0.717, 1.165) is 24.4 Å². The van der Waals surface area contributed by atoms with E-state index in [1.165, 1.54) is 19.3 Å². The Bertz CT molecular complexity index is 338. The summed E-state index contributed by atoms with van der Waals surface area (Å²) in [6.07, 6.45) is 4.50. The molecule has 1 aromatic carbocycles. The topological polar surface area (TPSA) is 12.0 Å². The number of benzene rings is 1. The van der Waals surface area contributed by atoms with Crippen molar-refractivity contribution >= 4 is 0 Å². The molecule has 2 heteroatoms. The molecular weight excluding hydrogens is 225 g/mol. The van der Waals surface area contributed by atoms with E-state index in [0.29, 0.717) is 5.92 Å². The number of hydrogen-bond donors (Lipinski definition) is 1. The second kappa shape index (κ2) is 8.25. The molecular formula is C16H26FN. The zero-order valence-corrected chi connectivity index (χ0v) is 11.9. The minimum absolute atomic E-state index is 0.0678. The highest BCUT2D eigenvalue weighted by molar-refractivity contribution is 5.17. The van der Waals surface area contributed by atoms with Crippen LogP contribution >= 0.6 is 0 Å². The van der Waals surface area contributed by atoms with Crippen LogP contribution in [0.5, 0.6) is 0 Å². The second-order valence-corrected chi connectivity index (χ2v) is 5.35. The first-order chi connectivity index (χ1) is 8.67. The highest BCUT2D eigenvalue weighted by Gasteiger charge is 2.14. The van der Waals surface area contributed by atoms with Crippen LogP contribution < -0.4 is 5.32 Å². The van der Waals surface area contributed by atoms with Crippen LogP contribution in [-0.4, -0.2) is 13.6 Å². The Kier molecular flexibility index (Phi) is 6.96. The SMILES string of the molecule is CCCC(C)CC(CNC)Cc1ccccc1F. The van der Waals surface area contributed by atoms with E-state index >= 15 is 0 Å². The average molecular weight is 251 g/mol. The Hall–Kier alpha value is -0.890. The highest BCUT2D eigenvalue weighted by atomic mass is 19.1. The molecule has 0 saturated carbocycles. The third kappa shape index (κ3) is 5.18. The Morgan fingerprint density at radius 2 is 2.00 bits per heavy atom. The van der Waals surface area contributed by atoms with Gasteiger partial charge in [0.1, 0.15) is 5.82 Å². The molecule has 1 rings (SSSR count). The van der Waals surface area contributed by atoms with E-state index in [1.54, 1.807) is 12.1 Å². The number of nitrogens with one attached hydrogen (secondary N) is 1. The van der Waals surface area contributed by atoms with Gasteiger partial charge in [-0.25, -0.2) is 4.39 Å². The predicted octanol–water partition coefficient (Wildman–Crippen LogP) is 4.03. The Balaban J connectivity index is 2.59. The van der Waals surface area contributed by atoms with Crippen molar-refractivity contribution in [3.8, 4) is 0 Å². The van der Waals surface area contributed by atoms with Gasteiger partial charge in [-0.3, -0.25) is 0 Å². The van der Waals surface area contributed by atoms with Crippen molar-refractivity contribution in [2.45, 2.75) is 39.5 Å². The molecule has 2 atom stereocenters. The maximum atomic E-state index is 13.7. The van der Waals surface area contributed by atoms with Crippen molar-refractivity contribution in [1.29, 1.82) is 0 Å². The second-order valence-electron chi connectivity index (χ2n) is 5.35. The van der Waals surface area contributed by atoms with Crippen molar-refractivity contribution in [3.63, 3.8) is 0 Å². The summed E-state index contributed by atoms with van der Waals surface area (Å²) in [6.45, 7) is 5.48. The molecule has 0 fully saturated rings. The molecule has 0 aliphatic carbocycles. The Labute approximate surface area is 111 Å². The smallest absolute Gasteiger partial charge is 0.126 e. The first kappa shape index (κ1) is 15.2. The summed E-state index contributed by atoms with van der Waals surface area (Å²) < 4.78 is 13.7. The maximum Gasteiger partial charge on any atom is 0.126 e. The molecule has 0 aliphatic heterocycles. The van der Waals surface area contributed by atoms with E-state index in [1.807, 2.05) is 19.2 Å². The summed E-state index contributed by atoms with van der Waals surface area (Å²) in [5.41, 5.74) is 0.849. The van der Waals surface area contributed by atoms with Crippen molar-refractivity contribution in [2.75, 3.05) is 13.6 Å². The average Bonchev–Trinajstić information content (AvgIpc) is 2.32. The van der Waals surface area contributed by atoms with Crippen molar-refractivity contribution < 1.29 is 4.39 Å². The zero-order valence-electron chi connectivity index (χ0n) is 11.9. The van der Waals surface area contributed by atoms with Crippen LogP contribution in [-0.2, 0) is 6.42 Å². The lowest BCUT2D eigenvalue weighted by molar-refractivity contribution is 0.357. The molecule has 18 heavy (non-hydrogen) atoms. The fourth-order valence-electron chi connectivity index (χ4n) is 2.68. The van der Waals surface area contributed by atoms with Gasteiger partial charge >= 0.3 is 0 Å². The molecule has 0 spiro atoms. The third-order valence-electron chi connectivity index (χ3n) is 3.48. The monoisotopic (exact) mass is 251 g/mol. The molecule has 0 bridgehead atoms. The summed E-state index contributed by atoms with van der Waals surface area (Å²) in [4.78, 5) is 0. The molecule has 0 heterocycles. The molecule has 102 valence electrons. The summed E-state index contributed by atoms with van der Waals surface area (Å²) in [7, 11) is 1.97. The van der Waals surface area contributed by atoms with Gasteiger partial charge in [0, 0.05) is 0 Å². The lowest BCUT2D eigenvalue weighted by atomic mass is 9.88. The first-order valence-corrected chi connectivity index (χ1v) is 7.05. The summed E-state index contributed by atoms with van der Waals surface area (Å²) in [6, 6.07) is 7.14. The van der Waals surface area contributed by atoms with Crippen LogP contribution in [0, 0.1) is 17.7 Å². The molecule has 0 saturated heterocycles. The lowest BCUT2D eigenvalue weighted by Gasteiger charge is -2.21. The molecule has 0 aromatic heterocycles. The lowest BCUT2D eigenvalue weighted by Crippen LogP contribution is -2.23. The third-order valence-corrected chi connectivity index (χ3v) is 3.48. The molecule has 1 nitrogen and oxygen atoms in total. The van der Waals surface area contributed by atoms with Gasteiger partial charge in [0.2, 0.25) is 0 Å². The predicted molar refractivity (Wildman–Crippen MR) is 76.2 cm³/mol. The fraction of sp³-hybridized carbons (Fsp3) is 0.625. The van der Waals surface area contributed by atoms with Crippen LogP contribution in [0.25, 0.3) is 0 Å². The molecule has 2 unspecified atom stereocenters. The quantitative estimate of drug-likeness (QED) is 0.735.